The quantitative estimate of drug-likeness (QED) is 0.821. The fourth-order valence-corrected chi connectivity index (χ4v) is 2.42. The molecule has 0 fully saturated rings. The van der Waals surface area contributed by atoms with Gasteiger partial charge in [-0.1, -0.05) is 43.7 Å². The molecular formula is C18H21NO4. The summed E-state index contributed by atoms with van der Waals surface area (Å²) in [6, 6.07) is 10.6. The number of rotatable bonds is 6. The maximum Gasteiger partial charge on any atom is 0.409 e. The monoisotopic (exact) mass is 315 g/mol. The number of aromatic carboxylic acids is 1. The number of carboxylic acid groups (broad SMARTS) is 1. The number of benzene rings is 2. The van der Waals surface area contributed by atoms with Crippen LogP contribution < -0.4 is 0 Å². The average molecular weight is 315 g/mol. The molecule has 1 amide bonds. The van der Waals surface area contributed by atoms with Gasteiger partial charge in [-0.3, -0.25) is 0 Å². The Kier molecular flexibility index (Phi) is 5.57. The second kappa shape index (κ2) is 7.63. The van der Waals surface area contributed by atoms with Gasteiger partial charge in [0.05, 0.1) is 12.2 Å². The smallest absolute Gasteiger partial charge is 0.409 e. The summed E-state index contributed by atoms with van der Waals surface area (Å²) in [6.07, 6.45) is 1.44. The lowest BCUT2D eigenvalue weighted by atomic mass is 9.99. The van der Waals surface area contributed by atoms with E-state index in [1.165, 1.54) is 4.90 Å². The van der Waals surface area contributed by atoms with Crippen LogP contribution in [0.5, 0.6) is 0 Å². The number of carbonyl (C=O) groups excluding carboxylic acids is 1. The Morgan fingerprint density at radius 3 is 2.48 bits per heavy atom. The second-order valence-corrected chi connectivity index (χ2v) is 5.45. The fourth-order valence-electron chi connectivity index (χ4n) is 2.42. The highest BCUT2D eigenvalue weighted by Crippen LogP contribution is 2.24. The third-order valence-electron chi connectivity index (χ3n) is 3.69. The molecule has 0 saturated heterocycles. The first-order chi connectivity index (χ1) is 11.0. The number of hydrogen-bond acceptors (Lipinski definition) is 3. The van der Waals surface area contributed by atoms with Crippen molar-refractivity contribution in [3.63, 3.8) is 0 Å². The minimum atomic E-state index is -0.958. The second-order valence-electron chi connectivity index (χ2n) is 5.45. The number of ether oxygens (including phenoxy) is 1. The van der Waals surface area contributed by atoms with Gasteiger partial charge in [0, 0.05) is 13.6 Å². The van der Waals surface area contributed by atoms with Crippen molar-refractivity contribution in [2.45, 2.75) is 26.3 Å². The van der Waals surface area contributed by atoms with E-state index >= 15 is 0 Å². The van der Waals surface area contributed by atoms with Crippen LogP contribution in [0.25, 0.3) is 10.8 Å². The SMILES string of the molecule is CCCCOC(=O)N(C)Cc1ccc(C(=O)O)c2ccccc12. The van der Waals surface area contributed by atoms with Gasteiger partial charge in [0.25, 0.3) is 0 Å². The van der Waals surface area contributed by atoms with Crippen LogP contribution in [0.4, 0.5) is 4.79 Å². The predicted molar refractivity (Wildman–Crippen MR) is 88.6 cm³/mol. The molecule has 23 heavy (non-hydrogen) atoms. The zero-order chi connectivity index (χ0) is 16.8. The average Bonchev–Trinajstić information content (AvgIpc) is 2.54. The standard InChI is InChI=1S/C18H21NO4/c1-3-4-11-23-18(22)19(2)12-13-9-10-16(17(20)21)15-8-6-5-7-14(13)15/h5-10H,3-4,11-12H2,1-2H3,(H,20,21). The Hall–Kier alpha value is -2.56. The van der Waals surface area contributed by atoms with E-state index in [9.17, 15) is 14.7 Å². The number of hydrogen-bond donors (Lipinski definition) is 1. The molecule has 2 aromatic carbocycles. The first kappa shape index (κ1) is 16.8. The molecule has 0 spiro atoms. The Morgan fingerprint density at radius 1 is 1.13 bits per heavy atom. The van der Waals surface area contributed by atoms with E-state index in [0.29, 0.717) is 18.5 Å². The fraction of sp³-hybridized carbons (Fsp3) is 0.333. The van der Waals surface area contributed by atoms with Gasteiger partial charge in [-0.25, -0.2) is 9.59 Å². The molecule has 0 unspecified atom stereocenters. The van der Waals surface area contributed by atoms with E-state index in [1.54, 1.807) is 31.3 Å². The lowest BCUT2D eigenvalue weighted by Gasteiger charge is -2.18. The molecule has 0 heterocycles. The molecule has 0 aliphatic heterocycles. The third-order valence-corrected chi connectivity index (χ3v) is 3.69. The van der Waals surface area contributed by atoms with E-state index in [4.69, 9.17) is 4.74 Å². The molecule has 2 rings (SSSR count). The minimum absolute atomic E-state index is 0.262. The van der Waals surface area contributed by atoms with Gasteiger partial charge < -0.3 is 14.7 Å². The van der Waals surface area contributed by atoms with E-state index in [1.807, 2.05) is 19.1 Å². The first-order valence-corrected chi connectivity index (χ1v) is 7.66. The summed E-state index contributed by atoms with van der Waals surface area (Å²) in [6.45, 7) is 2.82. The van der Waals surface area contributed by atoms with Crippen molar-refractivity contribution >= 4 is 22.8 Å². The number of carboxylic acids is 1. The van der Waals surface area contributed by atoms with Crippen LogP contribution in [0.3, 0.4) is 0 Å². The van der Waals surface area contributed by atoms with Gasteiger partial charge in [0.2, 0.25) is 0 Å². The van der Waals surface area contributed by atoms with Gasteiger partial charge in [-0.2, -0.15) is 0 Å². The third kappa shape index (κ3) is 4.00. The highest BCUT2D eigenvalue weighted by molar-refractivity contribution is 6.04. The van der Waals surface area contributed by atoms with Gasteiger partial charge in [0.15, 0.2) is 0 Å². The molecule has 1 N–H and O–H groups in total. The van der Waals surface area contributed by atoms with Crippen LogP contribution in [-0.4, -0.2) is 35.7 Å². The normalized spacial score (nSPS) is 10.5. The molecule has 122 valence electrons. The van der Waals surface area contributed by atoms with Crippen LogP contribution in [0.15, 0.2) is 36.4 Å². The molecule has 0 aliphatic carbocycles. The summed E-state index contributed by atoms with van der Waals surface area (Å²) in [5.74, 6) is -0.958. The molecule has 0 radical (unpaired) electrons. The lowest BCUT2D eigenvalue weighted by molar-refractivity contribution is 0.0698. The highest BCUT2D eigenvalue weighted by Gasteiger charge is 2.15. The number of carbonyl (C=O) groups is 2. The molecule has 0 atom stereocenters. The number of fused-ring (bicyclic) bond motifs is 1. The Balaban J connectivity index is 2.22. The van der Waals surface area contributed by atoms with Gasteiger partial charge in [-0.05, 0) is 28.8 Å². The largest absolute Gasteiger partial charge is 0.478 e. The van der Waals surface area contributed by atoms with E-state index in [0.717, 1.165) is 23.8 Å². The molecule has 0 saturated carbocycles. The van der Waals surface area contributed by atoms with Crippen LogP contribution in [-0.2, 0) is 11.3 Å². The maximum absolute atomic E-state index is 11.9. The van der Waals surface area contributed by atoms with Crippen LogP contribution >= 0.6 is 0 Å². The van der Waals surface area contributed by atoms with Crippen LogP contribution in [0.1, 0.15) is 35.7 Å². The van der Waals surface area contributed by atoms with Gasteiger partial charge >= 0.3 is 12.1 Å². The number of unbranched alkanes of at least 4 members (excludes halogenated alkanes) is 1. The number of nitrogens with zero attached hydrogens (tertiary/aromatic N) is 1. The Labute approximate surface area is 135 Å². The summed E-state index contributed by atoms with van der Waals surface area (Å²) in [5, 5.41) is 10.8. The van der Waals surface area contributed by atoms with Gasteiger partial charge in [0.1, 0.15) is 0 Å². The zero-order valence-corrected chi connectivity index (χ0v) is 13.4. The summed E-state index contributed by atoms with van der Waals surface area (Å²) < 4.78 is 5.18. The van der Waals surface area contributed by atoms with Crippen LogP contribution in [0.2, 0.25) is 0 Å². The summed E-state index contributed by atoms with van der Waals surface area (Å²) in [7, 11) is 1.67. The van der Waals surface area contributed by atoms with Crippen molar-refractivity contribution in [2.75, 3.05) is 13.7 Å². The Morgan fingerprint density at radius 2 is 1.83 bits per heavy atom. The lowest BCUT2D eigenvalue weighted by Crippen LogP contribution is -2.27. The highest BCUT2D eigenvalue weighted by atomic mass is 16.6. The first-order valence-electron chi connectivity index (χ1n) is 7.66. The van der Waals surface area contributed by atoms with E-state index in [2.05, 4.69) is 0 Å². The zero-order valence-electron chi connectivity index (χ0n) is 13.4. The predicted octanol–water partition coefficient (Wildman–Crippen LogP) is 3.91. The van der Waals surface area contributed by atoms with Crippen molar-refractivity contribution in [3.05, 3.63) is 47.5 Å². The summed E-state index contributed by atoms with van der Waals surface area (Å²) in [4.78, 5) is 24.8. The van der Waals surface area contributed by atoms with Crippen molar-refractivity contribution in [2.24, 2.45) is 0 Å². The van der Waals surface area contributed by atoms with Crippen molar-refractivity contribution in [1.29, 1.82) is 0 Å². The van der Waals surface area contributed by atoms with Crippen molar-refractivity contribution < 1.29 is 19.4 Å². The Bertz CT molecular complexity index is 711. The molecular weight excluding hydrogens is 294 g/mol. The van der Waals surface area contributed by atoms with Crippen molar-refractivity contribution in [1.82, 2.24) is 4.90 Å². The van der Waals surface area contributed by atoms with Gasteiger partial charge in [-0.15, -0.1) is 0 Å². The molecule has 2 aromatic rings. The summed E-state index contributed by atoms with van der Waals surface area (Å²) in [5.41, 5.74) is 1.15. The summed E-state index contributed by atoms with van der Waals surface area (Å²) >= 11 is 0. The maximum atomic E-state index is 11.9. The molecule has 5 heteroatoms. The number of amides is 1. The van der Waals surface area contributed by atoms with Crippen molar-refractivity contribution in [3.8, 4) is 0 Å². The van der Waals surface area contributed by atoms with E-state index < -0.39 is 5.97 Å². The molecule has 0 aliphatic rings. The molecule has 0 bridgehead atoms. The molecule has 0 aromatic heterocycles. The minimum Gasteiger partial charge on any atom is -0.478 e. The van der Waals surface area contributed by atoms with Crippen LogP contribution in [0, 0.1) is 0 Å². The topological polar surface area (TPSA) is 66.8 Å². The molecule has 5 nitrogen and oxygen atoms in total. The van der Waals surface area contributed by atoms with E-state index in [-0.39, 0.29) is 11.7 Å².